The molecule has 0 saturated heterocycles. The zero-order valence-corrected chi connectivity index (χ0v) is 13.8. The summed E-state index contributed by atoms with van der Waals surface area (Å²) in [6, 6.07) is 5.47. The zero-order valence-electron chi connectivity index (χ0n) is 11.4. The molecule has 0 saturated carbocycles. The minimum Gasteiger partial charge on any atom is -0.362 e. The number of aromatic nitrogens is 3. The molecule has 0 aliphatic heterocycles. The van der Waals surface area contributed by atoms with Crippen LogP contribution in [0.25, 0.3) is 0 Å². The summed E-state index contributed by atoms with van der Waals surface area (Å²) in [6.07, 6.45) is 2.63. The second-order valence-electron chi connectivity index (χ2n) is 4.40. The second-order valence-corrected chi connectivity index (χ2v) is 5.62. The molecule has 0 aliphatic carbocycles. The van der Waals surface area contributed by atoms with Crippen LogP contribution in [0.15, 0.2) is 24.5 Å². The molecular weight excluding hydrogens is 329 g/mol. The van der Waals surface area contributed by atoms with Crippen molar-refractivity contribution in [2.45, 2.75) is 19.9 Å². The van der Waals surface area contributed by atoms with Gasteiger partial charge in [-0.1, -0.05) is 36.2 Å². The quantitative estimate of drug-likeness (QED) is 0.815. The van der Waals surface area contributed by atoms with Gasteiger partial charge < -0.3 is 5.32 Å². The molecule has 0 unspecified atom stereocenters. The van der Waals surface area contributed by atoms with Crippen LogP contribution in [-0.4, -0.2) is 26.4 Å². The summed E-state index contributed by atoms with van der Waals surface area (Å²) in [6.45, 7) is 3.44. The van der Waals surface area contributed by atoms with E-state index in [0.717, 1.165) is 18.5 Å². The molecule has 21 heavy (non-hydrogen) atoms. The van der Waals surface area contributed by atoms with Crippen molar-refractivity contribution >= 4 is 46.5 Å². The largest absolute Gasteiger partial charge is 0.362 e. The van der Waals surface area contributed by atoms with Gasteiger partial charge in [0.25, 0.3) is 0 Å². The summed E-state index contributed by atoms with van der Waals surface area (Å²) in [7, 11) is 0. The molecule has 112 valence electrons. The van der Waals surface area contributed by atoms with Gasteiger partial charge in [0.2, 0.25) is 5.95 Å². The molecule has 0 atom stereocenters. The molecule has 8 heteroatoms. The predicted octanol–water partition coefficient (Wildman–Crippen LogP) is 3.33. The van der Waals surface area contributed by atoms with Gasteiger partial charge in [0.05, 0.1) is 16.6 Å². The van der Waals surface area contributed by atoms with E-state index in [2.05, 4.69) is 27.6 Å². The van der Waals surface area contributed by atoms with Crippen molar-refractivity contribution in [1.29, 1.82) is 0 Å². The van der Waals surface area contributed by atoms with Gasteiger partial charge in [-0.2, -0.15) is 0 Å². The first kappa shape index (κ1) is 16.0. The number of halogens is 2. The predicted molar refractivity (Wildman–Crippen MR) is 90.1 cm³/mol. The molecule has 0 aliphatic rings. The van der Waals surface area contributed by atoms with E-state index < -0.39 is 0 Å². The van der Waals surface area contributed by atoms with Crippen LogP contribution in [0.3, 0.4) is 0 Å². The fraction of sp³-hybridized carbons (Fsp3) is 0.308. The lowest BCUT2D eigenvalue weighted by Crippen LogP contribution is -2.29. The highest BCUT2D eigenvalue weighted by Crippen LogP contribution is 2.22. The maximum Gasteiger partial charge on any atom is 0.248 e. The summed E-state index contributed by atoms with van der Waals surface area (Å²) in [4.78, 5) is 4.15. The van der Waals surface area contributed by atoms with Crippen LogP contribution in [0.1, 0.15) is 18.9 Å². The van der Waals surface area contributed by atoms with Gasteiger partial charge >= 0.3 is 0 Å². The molecular formula is C13H15Cl2N5S. The molecule has 0 radical (unpaired) electrons. The number of nitrogens with one attached hydrogen (secondary N) is 2. The summed E-state index contributed by atoms with van der Waals surface area (Å²) in [5.41, 5.74) is 0.993. The summed E-state index contributed by atoms with van der Waals surface area (Å²) in [5.74, 6) is 0.462. The van der Waals surface area contributed by atoms with Gasteiger partial charge in [-0.25, -0.2) is 9.67 Å². The Balaban J connectivity index is 1.96. The van der Waals surface area contributed by atoms with Gasteiger partial charge in [-0.05, 0) is 36.3 Å². The third kappa shape index (κ3) is 4.84. The van der Waals surface area contributed by atoms with Gasteiger partial charge in [0.15, 0.2) is 5.11 Å². The van der Waals surface area contributed by atoms with Crippen LogP contribution in [-0.2, 0) is 6.54 Å². The molecule has 0 amide bonds. The Morgan fingerprint density at radius 3 is 2.86 bits per heavy atom. The highest BCUT2D eigenvalue weighted by atomic mass is 35.5. The number of rotatable bonds is 5. The summed E-state index contributed by atoms with van der Waals surface area (Å²) >= 11 is 17.0. The molecule has 2 N–H and O–H groups in total. The van der Waals surface area contributed by atoms with Crippen molar-refractivity contribution < 1.29 is 0 Å². The van der Waals surface area contributed by atoms with Crippen molar-refractivity contribution in [2.24, 2.45) is 0 Å². The maximum absolute atomic E-state index is 5.99. The number of hydrogen-bond donors (Lipinski definition) is 2. The Kier molecular flexibility index (Phi) is 5.78. The van der Waals surface area contributed by atoms with Crippen molar-refractivity contribution in [1.82, 2.24) is 20.1 Å². The van der Waals surface area contributed by atoms with Crippen molar-refractivity contribution in [3.63, 3.8) is 0 Å². The Morgan fingerprint density at radius 2 is 2.14 bits per heavy atom. The number of benzene rings is 1. The second kappa shape index (κ2) is 7.59. The van der Waals surface area contributed by atoms with Crippen LogP contribution in [0, 0.1) is 0 Å². The van der Waals surface area contributed by atoms with Gasteiger partial charge in [0, 0.05) is 6.54 Å². The van der Waals surface area contributed by atoms with E-state index in [4.69, 9.17) is 35.4 Å². The first-order valence-corrected chi connectivity index (χ1v) is 7.63. The van der Waals surface area contributed by atoms with E-state index in [0.29, 0.717) is 27.7 Å². The Morgan fingerprint density at radius 1 is 1.33 bits per heavy atom. The number of anilines is 1. The topological polar surface area (TPSA) is 54.8 Å². The monoisotopic (exact) mass is 343 g/mol. The average molecular weight is 344 g/mol. The van der Waals surface area contributed by atoms with E-state index in [1.54, 1.807) is 17.1 Å². The normalized spacial score (nSPS) is 10.4. The third-order valence-electron chi connectivity index (χ3n) is 2.63. The number of thiocarbonyl (C=S) groups is 1. The first-order chi connectivity index (χ1) is 10.1. The standard InChI is InChI=1S/C13H15Cl2N5S/c1-2-5-16-13(21)18-12-17-8-20(19-12)7-9-3-4-10(14)11(15)6-9/h3-4,6,8H,2,5,7H2,1H3,(H2,16,18,19,21). The minimum absolute atomic E-state index is 0.462. The van der Waals surface area contributed by atoms with Gasteiger partial charge in [-0.15, -0.1) is 5.10 Å². The zero-order chi connectivity index (χ0) is 15.2. The van der Waals surface area contributed by atoms with Gasteiger partial charge in [0.1, 0.15) is 6.33 Å². The van der Waals surface area contributed by atoms with Crippen LogP contribution in [0.4, 0.5) is 5.95 Å². The molecule has 1 heterocycles. The third-order valence-corrected chi connectivity index (χ3v) is 3.61. The van der Waals surface area contributed by atoms with Crippen LogP contribution in [0.5, 0.6) is 0 Å². The first-order valence-electron chi connectivity index (χ1n) is 6.46. The van der Waals surface area contributed by atoms with Crippen LogP contribution >= 0.6 is 35.4 Å². The molecule has 2 rings (SSSR count). The molecule has 0 bridgehead atoms. The van der Waals surface area contributed by atoms with Crippen LogP contribution in [0.2, 0.25) is 10.0 Å². The maximum atomic E-state index is 5.99. The lowest BCUT2D eigenvalue weighted by Gasteiger charge is -2.06. The molecule has 0 spiro atoms. The van der Waals surface area contributed by atoms with Crippen molar-refractivity contribution in [3.8, 4) is 0 Å². The molecule has 0 fully saturated rings. The minimum atomic E-state index is 0.462. The van der Waals surface area contributed by atoms with Crippen molar-refractivity contribution in [2.75, 3.05) is 11.9 Å². The highest BCUT2D eigenvalue weighted by Gasteiger charge is 2.05. The molecule has 2 aromatic rings. The lowest BCUT2D eigenvalue weighted by molar-refractivity contribution is 0.687. The number of nitrogens with zero attached hydrogens (tertiary/aromatic N) is 3. The lowest BCUT2D eigenvalue weighted by atomic mass is 10.2. The van der Waals surface area contributed by atoms with Gasteiger partial charge in [-0.3, -0.25) is 5.32 Å². The Labute approximate surface area is 138 Å². The molecule has 1 aromatic heterocycles. The van der Waals surface area contributed by atoms with E-state index in [1.807, 2.05) is 12.1 Å². The SMILES string of the molecule is CCCNC(=S)Nc1ncn(Cc2ccc(Cl)c(Cl)c2)n1. The summed E-state index contributed by atoms with van der Waals surface area (Å²) in [5, 5.41) is 11.9. The fourth-order valence-corrected chi connectivity index (χ4v) is 2.15. The van der Waals surface area contributed by atoms with E-state index >= 15 is 0 Å². The molecule has 5 nitrogen and oxygen atoms in total. The van der Waals surface area contributed by atoms with E-state index in [-0.39, 0.29) is 0 Å². The Bertz CT molecular complexity index is 629. The smallest absolute Gasteiger partial charge is 0.248 e. The highest BCUT2D eigenvalue weighted by molar-refractivity contribution is 7.80. The van der Waals surface area contributed by atoms with Crippen molar-refractivity contribution in [3.05, 3.63) is 40.1 Å². The van der Waals surface area contributed by atoms with E-state index in [9.17, 15) is 0 Å². The fourth-order valence-electron chi connectivity index (χ4n) is 1.64. The Hall–Kier alpha value is -1.37. The number of hydrogen-bond acceptors (Lipinski definition) is 3. The van der Waals surface area contributed by atoms with Crippen LogP contribution < -0.4 is 10.6 Å². The molecule has 1 aromatic carbocycles. The average Bonchev–Trinajstić information content (AvgIpc) is 2.88. The van der Waals surface area contributed by atoms with E-state index in [1.165, 1.54) is 0 Å². The summed E-state index contributed by atoms with van der Waals surface area (Å²) < 4.78 is 1.70.